The van der Waals surface area contributed by atoms with Gasteiger partial charge in [-0.25, -0.2) is 0 Å². The Bertz CT molecular complexity index is 409. The maximum Gasteiger partial charge on any atom is 0.310 e. The first kappa shape index (κ1) is 14.9. The normalized spacial score (nSPS) is 10.7. The second-order valence-corrected chi connectivity index (χ2v) is 4.52. The highest BCUT2D eigenvalue weighted by atomic mass is 79.9. The zero-order valence-corrected chi connectivity index (χ0v) is 12.0. The number of nitro benzene ring substituents is 1. The predicted octanol–water partition coefficient (Wildman–Crippen LogP) is 3.29. The van der Waals surface area contributed by atoms with Gasteiger partial charge in [0.15, 0.2) is 5.75 Å². The van der Waals surface area contributed by atoms with E-state index in [0.29, 0.717) is 18.5 Å². The van der Waals surface area contributed by atoms with Gasteiger partial charge in [0, 0.05) is 11.4 Å². The Kier molecular flexibility index (Phi) is 6.07. The maximum atomic E-state index is 10.8. The van der Waals surface area contributed by atoms with Crippen LogP contribution in [0.4, 0.5) is 5.69 Å². The summed E-state index contributed by atoms with van der Waals surface area (Å²) in [6, 6.07) is 4.82. The van der Waals surface area contributed by atoms with Crippen LogP contribution in [0.3, 0.4) is 0 Å². The molecule has 100 valence electrons. The van der Waals surface area contributed by atoms with E-state index in [9.17, 15) is 10.1 Å². The van der Waals surface area contributed by atoms with Gasteiger partial charge >= 0.3 is 5.69 Å². The van der Waals surface area contributed by atoms with Crippen molar-refractivity contribution in [3.63, 3.8) is 0 Å². The third kappa shape index (κ3) is 4.62. The fraction of sp³-hybridized carbons (Fsp3) is 0.500. The van der Waals surface area contributed by atoms with E-state index < -0.39 is 4.92 Å². The van der Waals surface area contributed by atoms with Crippen molar-refractivity contribution in [3.8, 4) is 5.75 Å². The molecule has 0 bridgehead atoms. The highest BCUT2D eigenvalue weighted by molar-refractivity contribution is 9.08. The van der Waals surface area contributed by atoms with Crippen LogP contribution in [0.25, 0.3) is 0 Å². The number of ether oxygens (including phenoxy) is 2. The SMILES string of the molecule is CC(C)OCCOc1cc(CBr)ccc1[N+](=O)[O-]. The minimum absolute atomic E-state index is 0.0238. The van der Waals surface area contributed by atoms with E-state index in [2.05, 4.69) is 15.9 Å². The van der Waals surface area contributed by atoms with Crippen LogP contribution >= 0.6 is 15.9 Å². The van der Waals surface area contributed by atoms with E-state index in [0.717, 1.165) is 5.56 Å². The summed E-state index contributed by atoms with van der Waals surface area (Å²) in [6.07, 6.45) is 0.123. The molecular formula is C12H16BrNO4. The van der Waals surface area contributed by atoms with Gasteiger partial charge in [0.1, 0.15) is 6.61 Å². The molecule has 0 radical (unpaired) electrons. The van der Waals surface area contributed by atoms with E-state index in [1.165, 1.54) is 6.07 Å². The molecule has 1 aromatic carbocycles. The minimum Gasteiger partial charge on any atom is -0.484 e. The topological polar surface area (TPSA) is 61.6 Å². The molecule has 0 spiro atoms. The molecule has 5 nitrogen and oxygen atoms in total. The van der Waals surface area contributed by atoms with E-state index in [4.69, 9.17) is 9.47 Å². The minimum atomic E-state index is -0.448. The summed E-state index contributed by atoms with van der Waals surface area (Å²) in [5.41, 5.74) is 0.907. The van der Waals surface area contributed by atoms with Gasteiger partial charge in [-0.1, -0.05) is 22.0 Å². The van der Waals surface area contributed by atoms with Crippen molar-refractivity contribution in [1.82, 2.24) is 0 Å². The lowest BCUT2D eigenvalue weighted by atomic mass is 10.2. The van der Waals surface area contributed by atoms with Crippen LogP contribution in [0.5, 0.6) is 5.75 Å². The number of rotatable bonds is 7. The Morgan fingerprint density at radius 1 is 1.39 bits per heavy atom. The summed E-state index contributed by atoms with van der Waals surface area (Å²) in [5.74, 6) is 0.282. The van der Waals surface area contributed by atoms with Gasteiger partial charge in [0.2, 0.25) is 0 Å². The summed E-state index contributed by atoms with van der Waals surface area (Å²) in [6.45, 7) is 4.56. The number of benzene rings is 1. The van der Waals surface area contributed by atoms with Crippen molar-refractivity contribution in [2.75, 3.05) is 13.2 Å². The molecule has 1 rings (SSSR count). The van der Waals surface area contributed by atoms with E-state index >= 15 is 0 Å². The first-order valence-corrected chi connectivity index (χ1v) is 6.74. The summed E-state index contributed by atoms with van der Waals surface area (Å²) in [7, 11) is 0. The van der Waals surface area contributed by atoms with E-state index in [1.54, 1.807) is 12.1 Å². The fourth-order valence-electron chi connectivity index (χ4n) is 1.34. The molecule has 6 heteroatoms. The third-order valence-electron chi connectivity index (χ3n) is 2.17. The van der Waals surface area contributed by atoms with Gasteiger partial charge in [-0.3, -0.25) is 10.1 Å². The molecule has 0 saturated carbocycles. The second kappa shape index (κ2) is 7.33. The number of alkyl halides is 1. The standard InChI is InChI=1S/C12H16BrNO4/c1-9(2)17-5-6-18-12-7-10(8-13)3-4-11(12)14(15)16/h3-4,7,9H,5-6,8H2,1-2H3. The van der Waals surface area contributed by atoms with Gasteiger partial charge in [0.25, 0.3) is 0 Å². The fourth-order valence-corrected chi connectivity index (χ4v) is 1.69. The van der Waals surface area contributed by atoms with E-state index in [-0.39, 0.29) is 17.5 Å². The highest BCUT2D eigenvalue weighted by Crippen LogP contribution is 2.28. The molecule has 18 heavy (non-hydrogen) atoms. The first-order valence-electron chi connectivity index (χ1n) is 5.62. The largest absolute Gasteiger partial charge is 0.484 e. The number of nitrogens with zero attached hydrogens (tertiary/aromatic N) is 1. The lowest BCUT2D eigenvalue weighted by Gasteiger charge is -2.10. The van der Waals surface area contributed by atoms with Crippen LogP contribution in [-0.4, -0.2) is 24.2 Å². The average molecular weight is 318 g/mol. The molecule has 0 aliphatic heterocycles. The van der Waals surface area contributed by atoms with Gasteiger partial charge in [-0.2, -0.15) is 0 Å². The molecular weight excluding hydrogens is 302 g/mol. The third-order valence-corrected chi connectivity index (χ3v) is 2.81. The Balaban J connectivity index is 2.69. The van der Waals surface area contributed by atoms with Gasteiger partial charge in [-0.15, -0.1) is 0 Å². The summed E-state index contributed by atoms with van der Waals surface area (Å²) >= 11 is 3.30. The summed E-state index contributed by atoms with van der Waals surface area (Å²) in [5, 5.41) is 11.5. The summed E-state index contributed by atoms with van der Waals surface area (Å²) < 4.78 is 10.7. The molecule has 0 unspecified atom stereocenters. The Morgan fingerprint density at radius 2 is 2.11 bits per heavy atom. The number of nitro groups is 1. The molecule has 0 aliphatic carbocycles. The van der Waals surface area contributed by atoms with Gasteiger partial charge in [-0.05, 0) is 25.5 Å². The first-order chi connectivity index (χ1) is 8.54. The van der Waals surface area contributed by atoms with Crippen LogP contribution in [0.15, 0.2) is 18.2 Å². The zero-order valence-electron chi connectivity index (χ0n) is 10.4. The molecule has 1 aromatic rings. The molecule has 0 fully saturated rings. The molecule has 0 aliphatic rings. The lowest BCUT2D eigenvalue weighted by Crippen LogP contribution is -2.12. The van der Waals surface area contributed by atoms with Crippen LogP contribution in [0.2, 0.25) is 0 Å². The van der Waals surface area contributed by atoms with Crippen LogP contribution < -0.4 is 4.74 Å². The Labute approximate surface area is 114 Å². The van der Waals surface area contributed by atoms with Crippen molar-refractivity contribution in [3.05, 3.63) is 33.9 Å². The van der Waals surface area contributed by atoms with Crippen LogP contribution in [0, 0.1) is 10.1 Å². The monoisotopic (exact) mass is 317 g/mol. The average Bonchev–Trinajstić information content (AvgIpc) is 2.33. The number of hydrogen-bond acceptors (Lipinski definition) is 4. The second-order valence-electron chi connectivity index (χ2n) is 3.96. The van der Waals surface area contributed by atoms with Crippen molar-refractivity contribution < 1.29 is 14.4 Å². The lowest BCUT2D eigenvalue weighted by molar-refractivity contribution is -0.385. The predicted molar refractivity (Wildman–Crippen MR) is 72.3 cm³/mol. The molecule has 0 aromatic heterocycles. The van der Waals surface area contributed by atoms with Gasteiger partial charge < -0.3 is 9.47 Å². The van der Waals surface area contributed by atoms with Gasteiger partial charge in [0.05, 0.1) is 17.6 Å². The number of halogens is 1. The zero-order chi connectivity index (χ0) is 13.5. The summed E-state index contributed by atoms with van der Waals surface area (Å²) in [4.78, 5) is 10.4. The van der Waals surface area contributed by atoms with Crippen molar-refractivity contribution in [2.45, 2.75) is 25.3 Å². The molecule has 0 saturated heterocycles. The van der Waals surface area contributed by atoms with Crippen molar-refractivity contribution in [1.29, 1.82) is 0 Å². The van der Waals surface area contributed by atoms with Crippen LogP contribution in [0.1, 0.15) is 19.4 Å². The highest BCUT2D eigenvalue weighted by Gasteiger charge is 2.15. The van der Waals surface area contributed by atoms with Crippen LogP contribution in [-0.2, 0) is 10.1 Å². The maximum absolute atomic E-state index is 10.8. The smallest absolute Gasteiger partial charge is 0.310 e. The molecule has 0 N–H and O–H groups in total. The van der Waals surface area contributed by atoms with E-state index in [1.807, 2.05) is 13.8 Å². The molecule has 0 heterocycles. The quantitative estimate of drug-likeness (QED) is 0.335. The Morgan fingerprint density at radius 3 is 2.67 bits per heavy atom. The van der Waals surface area contributed by atoms with Crippen molar-refractivity contribution in [2.24, 2.45) is 0 Å². The molecule has 0 atom stereocenters. The number of hydrogen-bond donors (Lipinski definition) is 0. The Hall–Kier alpha value is -1.14. The van der Waals surface area contributed by atoms with Crippen molar-refractivity contribution >= 4 is 21.6 Å². The molecule has 0 amide bonds.